The molecule has 2 bridgehead atoms. The van der Waals surface area contributed by atoms with Gasteiger partial charge in [-0.2, -0.15) is 5.10 Å². The summed E-state index contributed by atoms with van der Waals surface area (Å²) in [5, 5.41) is 17.0. The summed E-state index contributed by atoms with van der Waals surface area (Å²) in [5.41, 5.74) is 5.69. The number of fused-ring (bicyclic) bond motifs is 4. The lowest BCUT2D eigenvalue weighted by Crippen LogP contribution is -2.48. The van der Waals surface area contributed by atoms with Crippen molar-refractivity contribution in [2.24, 2.45) is 0 Å². The van der Waals surface area contributed by atoms with E-state index in [1.807, 2.05) is 48.1 Å². The second-order valence-electron chi connectivity index (χ2n) is 14.2. The molecule has 1 N–H and O–H groups in total. The monoisotopic (exact) mass is 708 g/mol. The van der Waals surface area contributed by atoms with Crippen molar-refractivity contribution in [1.82, 2.24) is 24.6 Å². The van der Waals surface area contributed by atoms with Gasteiger partial charge in [-0.05, 0) is 79.9 Å². The van der Waals surface area contributed by atoms with Crippen LogP contribution < -0.4 is 9.64 Å². The molecule has 1 amide bonds. The van der Waals surface area contributed by atoms with E-state index in [1.54, 1.807) is 22.7 Å². The quantitative estimate of drug-likeness (QED) is 0.120. The van der Waals surface area contributed by atoms with Crippen LogP contribution >= 0.6 is 11.8 Å². The normalized spacial score (nSPS) is 21.7. The minimum atomic E-state index is -0.871. The number of hydrogen-bond acceptors (Lipinski definition) is 8. The summed E-state index contributed by atoms with van der Waals surface area (Å²) >= 11 is 1.57. The second-order valence-corrected chi connectivity index (χ2v) is 15.4. The lowest BCUT2D eigenvalue weighted by atomic mass is 9.88. The first-order valence-corrected chi connectivity index (χ1v) is 19.1. The van der Waals surface area contributed by atoms with Crippen LogP contribution in [0.1, 0.15) is 74.3 Å². The summed E-state index contributed by atoms with van der Waals surface area (Å²) in [7, 11) is 0. The van der Waals surface area contributed by atoms with Gasteiger partial charge in [0, 0.05) is 47.7 Å². The number of amides is 1. The molecule has 1 aliphatic carbocycles. The van der Waals surface area contributed by atoms with Gasteiger partial charge in [-0.1, -0.05) is 49.0 Å². The summed E-state index contributed by atoms with van der Waals surface area (Å²) < 4.78 is 31.2. The van der Waals surface area contributed by atoms with Crippen LogP contribution in [0.4, 0.5) is 15.0 Å². The van der Waals surface area contributed by atoms with Crippen molar-refractivity contribution >= 4 is 45.5 Å². The molecule has 3 atom stereocenters. The molecule has 2 aromatic heterocycles. The summed E-state index contributed by atoms with van der Waals surface area (Å²) in [5.74, 6) is 2.19. The zero-order valence-electron chi connectivity index (χ0n) is 28.8. The number of anilines is 1. The Morgan fingerprint density at radius 2 is 1.90 bits per heavy atom. The smallest absolute Gasteiger partial charge is 0.407 e. The highest BCUT2D eigenvalue weighted by Gasteiger charge is 2.47. The third-order valence-electron chi connectivity index (χ3n) is 11.0. The predicted octanol–water partition coefficient (Wildman–Crippen LogP) is 8.30. The van der Waals surface area contributed by atoms with Gasteiger partial charge >= 0.3 is 6.09 Å². The molecule has 12 heteroatoms. The maximum absolute atomic E-state index is 16.3. The van der Waals surface area contributed by atoms with Gasteiger partial charge in [-0.25, -0.2) is 23.8 Å². The zero-order chi connectivity index (χ0) is 34.8. The summed E-state index contributed by atoms with van der Waals surface area (Å²) in [6.45, 7) is 5.91. The van der Waals surface area contributed by atoms with Gasteiger partial charge < -0.3 is 24.4 Å². The first-order valence-electron chi connectivity index (χ1n) is 18.1. The number of halogens is 1. The Kier molecular flexibility index (Phi) is 8.26. The number of benzene rings is 3. The Hall–Kier alpha value is -4.42. The topological polar surface area (TPSA) is 106 Å². The van der Waals surface area contributed by atoms with E-state index in [4.69, 9.17) is 24.5 Å². The molecule has 9 rings (SSSR count). The maximum atomic E-state index is 16.3. The molecule has 10 nitrogen and oxygen atoms in total. The number of piperazine rings is 1. The van der Waals surface area contributed by atoms with E-state index in [-0.39, 0.29) is 30.0 Å². The van der Waals surface area contributed by atoms with E-state index in [9.17, 15) is 9.90 Å². The molecule has 0 spiro atoms. The molecule has 3 aliphatic heterocycles. The lowest BCUT2D eigenvalue weighted by molar-refractivity contribution is -0.0366. The number of aromatic nitrogens is 4. The first-order chi connectivity index (χ1) is 24.9. The fourth-order valence-electron chi connectivity index (χ4n) is 8.36. The van der Waals surface area contributed by atoms with Gasteiger partial charge in [0.1, 0.15) is 23.8 Å². The SMILES string of the molecule is CCSc1nc(N2C[C@@H]3C[C@H]2CN3C(=O)O)c2cc(C3CC3)c(-c3c(C)c(F)cc4c3cnn4C3CCCCO3)c(OCc3ccccc3)c2n1. The third kappa shape index (κ3) is 5.67. The molecule has 5 heterocycles. The molecule has 1 unspecified atom stereocenters. The van der Waals surface area contributed by atoms with Gasteiger partial charge in [0.25, 0.3) is 0 Å². The van der Waals surface area contributed by atoms with Crippen LogP contribution in [-0.4, -0.2) is 73.4 Å². The molecule has 264 valence electrons. The highest BCUT2D eigenvalue weighted by atomic mass is 32.2. The van der Waals surface area contributed by atoms with Gasteiger partial charge in [-0.15, -0.1) is 0 Å². The van der Waals surface area contributed by atoms with Crippen molar-refractivity contribution in [1.29, 1.82) is 0 Å². The number of carbonyl (C=O) groups is 1. The Balaban J connectivity index is 1.30. The molecule has 4 fully saturated rings. The van der Waals surface area contributed by atoms with Crippen LogP contribution in [-0.2, 0) is 11.3 Å². The largest absolute Gasteiger partial charge is 0.486 e. The van der Waals surface area contributed by atoms with E-state index in [0.29, 0.717) is 53.8 Å². The minimum Gasteiger partial charge on any atom is -0.486 e. The van der Waals surface area contributed by atoms with Crippen molar-refractivity contribution in [2.75, 3.05) is 30.3 Å². The van der Waals surface area contributed by atoms with Gasteiger partial charge in [0.15, 0.2) is 17.1 Å². The van der Waals surface area contributed by atoms with Crippen molar-refractivity contribution in [3.05, 3.63) is 71.2 Å². The van der Waals surface area contributed by atoms with Crippen molar-refractivity contribution in [2.45, 2.75) is 88.4 Å². The fourth-order valence-corrected chi connectivity index (χ4v) is 8.93. The van der Waals surface area contributed by atoms with Gasteiger partial charge in [0.2, 0.25) is 0 Å². The van der Waals surface area contributed by atoms with E-state index >= 15 is 4.39 Å². The molecular weight excluding hydrogens is 668 g/mol. The van der Waals surface area contributed by atoms with Crippen LogP contribution in [0, 0.1) is 12.7 Å². The van der Waals surface area contributed by atoms with Gasteiger partial charge in [-0.3, -0.25) is 0 Å². The number of rotatable bonds is 9. The van der Waals surface area contributed by atoms with Crippen molar-refractivity contribution in [3.8, 4) is 16.9 Å². The fraction of sp³-hybridized carbons (Fsp3) is 0.436. The summed E-state index contributed by atoms with van der Waals surface area (Å²) in [6.07, 6.45) is 6.43. The number of nitrogens with zero attached hydrogens (tertiary/aromatic N) is 6. The van der Waals surface area contributed by atoms with Gasteiger partial charge in [0.05, 0.1) is 23.8 Å². The first kappa shape index (κ1) is 32.5. The Bertz CT molecular complexity index is 2150. The predicted molar refractivity (Wildman–Crippen MR) is 195 cm³/mol. The third-order valence-corrected chi connectivity index (χ3v) is 11.7. The number of hydrogen-bond donors (Lipinski definition) is 1. The Morgan fingerprint density at radius 3 is 2.61 bits per heavy atom. The average Bonchev–Trinajstić information content (AvgIpc) is 3.58. The second kappa shape index (κ2) is 13.0. The molecule has 1 saturated carbocycles. The molecule has 3 saturated heterocycles. The molecule has 3 aromatic carbocycles. The Labute approximate surface area is 299 Å². The van der Waals surface area contributed by atoms with E-state index in [2.05, 4.69) is 17.9 Å². The molecule has 51 heavy (non-hydrogen) atoms. The van der Waals surface area contributed by atoms with Crippen LogP contribution in [0.15, 0.2) is 53.8 Å². The minimum absolute atomic E-state index is 0.0272. The molecule has 5 aromatic rings. The maximum Gasteiger partial charge on any atom is 0.407 e. The van der Waals surface area contributed by atoms with Crippen LogP contribution in [0.5, 0.6) is 5.75 Å². The van der Waals surface area contributed by atoms with E-state index < -0.39 is 6.09 Å². The molecule has 4 aliphatic rings. The number of thioether (sulfide) groups is 1. The van der Waals surface area contributed by atoms with E-state index in [0.717, 1.165) is 83.1 Å². The Morgan fingerprint density at radius 1 is 1.06 bits per heavy atom. The zero-order valence-corrected chi connectivity index (χ0v) is 29.7. The van der Waals surface area contributed by atoms with Crippen molar-refractivity contribution in [3.63, 3.8) is 0 Å². The van der Waals surface area contributed by atoms with Crippen molar-refractivity contribution < 1.29 is 23.8 Å². The molecular formula is C39H41FN6O4S. The number of ether oxygens (including phenoxy) is 2. The average molecular weight is 709 g/mol. The van der Waals surface area contributed by atoms with E-state index in [1.165, 1.54) is 0 Å². The highest BCUT2D eigenvalue weighted by molar-refractivity contribution is 7.99. The molecule has 0 radical (unpaired) electrons. The van der Waals surface area contributed by atoms with Crippen LogP contribution in [0.25, 0.3) is 32.9 Å². The summed E-state index contributed by atoms with van der Waals surface area (Å²) in [4.78, 5) is 26.2. The standard InChI is InChI=1S/C39H41FN6O4S/c1-3-51-38-42-35-28(37(43-38)44-19-26-15-25(44)20-45(26)39(47)48)16-27(24-12-13-24)34(36(35)50-21-23-9-5-4-6-10-23)33-22(2)30(40)17-31-29(33)18-41-46(31)32-11-7-8-14-49-32/h4-6,9-10,16-18,24-26,32H,3,7-8,11-15,19-21H2,1-2H3,(H,47,48)/t25-,26-,32?/m0/s1. The van der Waals surface area contributed by atoms with Crippen LogP contribution in [0.3, 0.4) is 0 Å². The number of carboxylic acid groups (broad SMARTS) is 1. The van der Waals surface area contributed by atoms with Crippen LogP contribution in [0.2, 0.25) is 0 Å². The summed E-state index contributed by atoms with van der Waals surface area (Å²) in [6, 6.07) is 13.8. The highest BCUT2D eigenvalue weighted by Crippen LogP contribution is 2.54. The number of likely N-dealkylation sites (tertiary alicyclic amines) is 1. The lowest BCUT2D eigenvalue weighted by Gasteiger charge is -2.34.